The van der Waals surface area contributed by atoms with E-state index in [1.165, 1.54) is 3.97 Å². The third kappa shape index (κ3) is 2.74. The second-order valence-corrected chi connectivity index (χ2v) is 9.39. The summed E-state index contributed by atoms with van der Waals surface area (Å²) in [5.41, 5.74) is 1.29. The summed E-state index contributed by atoms with van der Waals surface area (Å²) in [6.07, 6.45) is 5.06. The molecule has 140 valence electrons. The molecular formula is C19H24N2O4S. The minimum atomic E-state index is -3.52. The van der Waals surface area contributed by atoms with Crippen LogP contribution < -0.4 is 0 Å². The van der Waals surface area contributed by atoms with Crippen LogP contribution in [-0.2, 0) is 14.8 Å². The van der Waals surface area contributed by atoms with Crippen molar-refractivity contribution in [3.8, 4) is 0 Å². The molecule has 0 saturated carbocycles. The van der Waals surface area contributed by atoms with Gasteiger partial charge in [-0.05, 0) is 32.9 Å². The number of hydrogen-bond acceptors (Lipinski definition) is 5. The molecule has 2 fully saturated rings. The Morgan fingerprint density at radius 2 is 1.77 bits per heavy atom. The van der Waals surface area contributed by atoms with Crippen LogP contribution >= 0.6 is 0 Å². The molecule has 6 nitrogen and oxygen atoms in total. The molecule has 1 unspecified atom stereocenters. The Bertz CT molecular complexity index is 965. The van der Waals surface area contributed by atoms with Gasteiger partial charge in [-0.1, -0.05) is 18.2 Å². The van der Waals surface area contributed by atoms with Gasteiger partial charge in [-0.15, -0.1) is 0 Å². The molecule has 2 aliphatic rings. The monoisotopic (exact) mass is 376 g/mol. The van der Waals surface area contributed by atoms with Crippen molar-refractivity contribution in [3.05, 3.63) is 35.5 Å². The van der Waals surface area contributed by atoms with Gasteiger partial charge in [0.15, 0.2) is 0 Å². The van der Waals surface area contributed by atoms with E-state index in [-0.39, 0.29) is 6.10 Å². The Balaban J connectivity index is 1.69. The Morgan fingerprint density at radius 3 is 2.38 bits per heavy atom. The van der Waals surface area contributed by atoms with Crippen LogP contribution in [0.25, 0.3) is 10.9 Å². The maximum atomic E-state index is 13.0. The van der Waals surface area contributed by atoms with E-state index >= 15 is 0 Å². The van der Waals surface area contributed by atoms with Gasteiger partial charge in [0.2, 0.25) is 10.0 Å². The van der Waals surface area contributed by atoms with Gasteiger partial charge >= 0.3 is 5.97 Å². The average Bonchev–Trinajstić information content (AvgIpc) is 2.95. The van der Waals surface area contributed by atoms with E-state index in [4.69, 9.17) is 4.74 Å². The second kappa shape index (κ2) is 6.09. The smallest absolute Gasteiger partial charge is 0.340 e. The van der Waals surface area contributed by atoms with Crippen LogP contribution in [0.5, 0.6) is 0 Å². The normalized spacial score (nSPS) is 26.3. The van der Waals surface area contributed by atoms with Gasteiger partial charge < -0.3 is 9.64 Å². The second-order valence-electron chi connectivity index (χ2n) is 7.55. The van der Waals surface area contributed by atoms with E-state index in [1.54, 1.807) is 31.2 Å². The number of aromatic nitrogens is 1. The van der Waals surface area contributed by atoms with E-state index in [0.717, 1.165) is 31.9 Å². The third-order valence-corrected chi connectivity index (χ3v) is 7.06. The van der Waals surface area contributed by atoms with Gasteiger partial charge in [0.1, 0.15) is 6.10 Å². The topological polar surface area (TPSA) is 68.6 Å². The molecule has 2 saturated heterocycles. The zero-order valence-corrected chi connectivity index (χ0v) is 16.1. The van der Waals surface area contributed by atoms with Crippen LogP contribution in [0, 0.1) is 6.92 Å². The first-order chi connectivity index (χ1) is 12.3. The molecule has 3 atom stereocenters. The lowest BCUT2D eigenvalue weighted by Crippen LogP contribution is -2.43. The van der Waals surface area contributed by atoms with Crippen molar-refractivity contribution in [3.63, 3.8) is 0 Å². The summed E-state index contributed by atoms with van der Waals surface area (Å²) in [6.45, 7) is 1.66. The van der Waals surface area contributed by atoms with Crippen molar-refractivity contribution >= 4 is 26.9 Å². The lowest BCUT2D eigenvalue weighted by atomic mass is 10.0. The summed E-state index contributed by atoms with van der Waals surface area (Å²) < 4.78 is 31.5. The molecule has 0 radical (unpaired) electrons. The van der Waals surface area contributed by atoms with Crippen molar-refractivity contribution in [2.24, 2.45) is 0 Å². The number of fused-ring (bicyclic) bond motifs is 3. The Kier molecular flexibility index (Phi) is 4.11. The number of piperidine rings is 1. The molecule has 2 aromatic rings. The molecule has 7 heteroatoms. The number of carbonyl (C=O) groups excluding carboxylic acids is 1. The molecule has 2 bridgehead atoms. The number of benzene rings is 1. The Morgan fingerprint density at radius 1 is 1.15 bits per heavy atom. The molecule has 0 spiro atoms. The maximum Gasteiger partial charge on any atom is 0.340 e. The SMILES string of the molecule is Cc1c(C(=O)OC2C[C@H]3CC[C@@H](C2)N3C)c2ccccc2n1S(C)(=O)=O. The fourth-order valence-corrected chi connectivity index (χ4v) is 5.80. The summed E-state index contributed by atoms with van der Waals surface area (Å²) in [5.74, 6) is -0.421. The minimum Gasteiger partial charge on any atom is -0.459 e. The number of ether oxygens (including phenoxy) is 1. The van der Waals surface area contributed by atoms with Crippen molar-refractivity contribution in [1.82, 2.24) is 8.87 Å². The highest BCUT2D eigenvalue weighted by atomic mass is 32.2. The number of nitrogens with zero attached hydrogens (tertiary/aromatic N) is 2. The molecule has 1 aromatic heterocycles. The molecule has 3 heterocycles. The molecule has 2 aliphatic heterocycles. The average molecular weight is 376 g/mol. The summed E-state index contributed by atoms with van der Waals surface area (Å²) in [4.78, 5) is 15.4. The molecule has 4 rings (SSSR count). The lowest BCUT2D eigenvalue weighted by molar-refractivity contribution is -0.000328. The number of hydrogen-bond donors (Lipinski definition) is 0. The summed E-state index contributed by atoms with van der Waals surface area (Å²) in [6, 6.07) is 8.03. The minimum absolute atomic E-state index is 0.101. The summed E-state index contributed by atoms with van der Waals surface area (Å²) in [7, 11) is -1.38. The van der Waals surface area contributed by atoms with Crippen LogP contribution in [-0.4, -0.2) is 54.8 Å². The van der Waals surface area contributed by atoms with Gasteiger partial charge in [-0.25, -0.2) is 17.2 Å². The first-order valence-corrected chi connectivity index (χ1v) is 10.9. The molecule has 26 heavy (non-hydrogen) atoms. The van der Waals surface area contributed by atoms with Gasteiger partial charge in [-0.3, -0.25) is 0 Å². The Hall–Kier alpha value is -1.86. The Labute approximate surface area is 153 Å². The molecular weight excluding hydrogens is 352 g/mol. The van der Waals surface area contributed by atoms with Crippen LogP contribution in [0.4, 0.5) is 0 Å². The predicted molar refractivity (Wildman–Crippen MR) is 99.9 cm³/mol. The number of rotatable bonds is 3. The van der Waals surface area contributed by atoms with E-state index in [1.807, 2.05) is 0 Å². The summed E-state index contributed by atoms with van der Waals surface area (Å²) in [5, 5.41) is 0.622. The fraction of sp³-hybridized carbons (Fsp3) is 0.526. The summed E-state index contributed by atoms with van der Waals surface area (Å²) >= 11 is 0. The predicted octanol–water partition coefficient (Wildman–Crippen LogP) is 2.54. The highest BCUT2D eigenvalue weighted by Gasteiger charge is 2.40. The van der Waals surface area contributed by atoms with E-state index in [2.05, 4.69) is 11.9 Å². The van der Waals surface area contributed by atoms with Crippen molar-refractivity contribution < 1.29 is 17.9 Å². The van der Waals surface area contributed by atoms with E-state index < -0.39 is 16.0 Å². The highest BCUT2D eigenvalue weighted by molar-refractivity contribution is 7.89. The van der Waals surface area contributed by atoms with Gasteiger partial charge in [0, 0.05) is 36.0 Å². The fourth-order valence-electron chi connectivity index (χ4n) is 4.69. The molecule has 0 N–H and O–H groups in total. The zero-order chi connectivity index (χ0) is 18.6. The highest BCUT2D eigenvalue weighted by Crippen LogP contribution is 2.36. The van der Waals surface area contributed by atoms with Crippen LogP contribution in [0.1, 0.15) is 41.7 Å². The van der Waals surface area contributed by atoms with Crippen molar-refractivity contribution in [1.29, 1.82) is 0 Å². The van der Waals surface area contributed by atoms with Crippen LogP contribution in [0.2, 0.25) is 0 Å². The van der Waals surface area contributed by atoms with Crippen LogP contribution in [0.15, 0.2) is 24.3 Å². The first-order valence-electron chi connectivity index (χ1n) is 9.01. The third-order valence-electron chi connectivity index (χ3n) is 5.92. The quantitative estimate of drug-likeness (QED) is 0.770. The molecule has 1 aromatic carbocycles. The zero-order valence-electron chi connectivity index (χ0n) is 15.3. The van der Waals surface area contributed by atoms with Gasteiger partial charge in [-0.2, -0.15) is 0 Å². The van der Waals surface area contributed by atoms with Gasteiger partial charge in [0.05, 0.1) is 17.3 Å². The standard InChI is InChI=1S/C19H24N2O4S/c1-12-18(16-6-4-5-7-17(16)21(12)26(3,23)24)19(22)25-15-10-13-8-9-14(11-15)20(13)2/h4-7,13-15H,8-11H2,1-3H3/t13-,14+,15?. The first kappa shape index (κ1) is 17.5. The number of carbonyl (C=O) groups is 1. The number of esters is 1. The largest absolute Gasteiger partial charge is 0.459 e. The van der Waals surface area contributed by atoms with E-state index in [0.29, 0.717) is 34.2 Å². The molecule has 0 amide bonds. The number of para-hydroxylation sites is 1. The van der Waals surface area contributed by atoms with Crippen molar-refractivity contribution in [2.45, 2.75) is 50.8 Å². The maximum absolute atomic E-state index is 13.0. The van der Waals surface area contributed by atoms with Crippen LogP contribution in [0.3, 0.4) is 0 Å². The van der Waals surface area contributed by atoms with Gasteiger partial charge in [0.25, 0.3) is 0 Å². The molecule has 0 aliphatic carbocycles. The van der Waals surface area contributed by atoms with E-state index in [9.17, 15) is 13.2 Å². The lowest BCUT2D eigenvalue weighted by Gasteiger charge is -2.35. The van der Waals surface area contributed by atoms with Crippen molar-refractivity contribution in [2.75, 3.05) is 13.3 Å².